The Bertz CT molecular complexity index is 542. The zero-order valence-electron chi connectivity index (χ0n) is 9.11. The van der Waals surface area contributed by atoms with Crippen molar-refractivity contribution in [2.75, 3.05) is 0 Å². The van der Waals surface area contributed by atoms with E-state index in [1.54, 1.807) is 24.4 Å². The van der Waals surface area contributed by atoms with E-state index < -0.39 is 12.0 Å². The molecule has 0 saturated heterocycles. The van der Waals surface area contributed by atoms with Gasteiger partial charge in [0.05, 0.1) is 6.10 Å². The molecular weight excluding hydrogens is 220 g/mol. The van der Waals surface area contributed by atoms with Gasteiger partial charge in [0, 0.05) is 6.20 Å². The number of nitrogens with zero attached hydrogens (tertiary/aromatic N) is 2. The number of allylic oxidation sites excluding steroid dienone is 1. The number of carbonyl (C=O) groups excluding carboxylic acids is 1. The molecule has 0 fully saturated rings. The minimum Gasteiger partial charge on any atom is -0.618 e. The molecule has 0 amide bonds. The largest absolute Gasteiger partial charge is 0.618 e. The second-order valence-corrected chi connectivity index (χ2v) is 4.40. The van der Waals surface area contributed by atoms with Gasteiger partial charge in [0.1, 0.15) is 11.6 Å². The summed E-state index contributed by atoms with van der Waals surface area (Å²) in [4.78, 5) is 12.2. The first-order valence-electron chi connectivity index (χ1n) is 5.58. The SMILES string of the molecule is O=C1[C@H]2C[C@H](O)CC=C2[N+]([O-])=Cc2cccn21. The lowest BCUT2D eigenvalue weighted by Crippen LogP contribution is -2.31. The molecule has 1 aromatic heterocycles. The molecular formula is C12H12N2O3. The van der Waals surface area contributed by atoms with Crippen LogP contribution in [0.1, 0.15) is 23.3 Å². The highest BCUT2D eigenvalue weighted by Crippen LogP contribution is 2.29. The van der Waals surface area contributed by atoms with Crippen molar-refractivity contribution in [1.29, 1.82) is 0 Å². The summed E-state index contributed by atoms with van der Waals surface area (Å²) in [6.07, 6.45) is 4.91. The van der Waals surface area contributed by atoms with Crippen molar-refractivity contribution in [2.24, 2.45) is 5.92 Å². The molecule has 0 unspecified atom stereocenters. The summed E-state index contributed by atoms with van der Waals surface area (Å²) in [6.45, 7) is 0. The van der Waals surface area contributed by atoms with Crippen LogP contribution in [0.25, 0.3) is 0 Å². The van der Waals surface area contributed by atoms with E-state index in [1.807, 2.05) is 0 Å². The van der Waals surface area contributed by atoms with Crippen LogP contribution in [0.3, 0.4) is 0 Å². The van der Waals surface area contributed by atoms with Crippen LogP contribution in [-0.4, -0.2) is 32.6 Å². The summed E-state index contributed by atoms with van der Waals surface area (Å²) in [5, 5.41) is 21.5. The maximum Gasteiger partial charge on any atom is 0.245 e. The van der Waals surface area contributed by atoms with Crippen LogP contribution >= 0.6 is 0 Å². The Morgan fingerprint density at radius 3 is 3.18 bits per heavy atom. The van der Waals surface area contributed by atoms with Gasteiger partial charge in [0.25, 0.3) is 0 Å². The van der Waals surface area contributed by atoms with Crippen molar-refractivity contribution in [1.82, 2.24) is 4.57 Å². The highest BCUT2D eigenvalue weighted by atomic mass is 16.5. The van der Waals surface area contributed by atoms with Gasteiger partial charge in [-0.3, -0.25) is 9.36 Å². The molecule has 2 aliphatic rings. The number of rotatable bonds is 0. The fourth-order valence-corrected chi connectivity index (χ4v) is 2.42. The fraction of sp³-hybridized carbons (Fsp3) is 0.333. The summed E-state index contributed by atoms with van der Waals surface area (Å²) >= 11 is 0. The van der Waals surface area contributed by atoms with Crippen molar-refractivity contribution < 1.29 is 14.6 Å². The second-order valence-electron chi connectivity index (χ2n) is 4.40. The number of hydrogen-bond acceptors (Lipinski definition) is 3. The van der Waals surface area contributed by atoms with Gasteiger partial charge in [-0.2, -0.15) is 4.74 Å². The van der Waals surface area contributed by atoms with Crippen molar-refractivity contribution in [3.8, 4) is 0 Å². The number of fused-ring (bicyclic) bond motifs is 2. The molecule has 5 nitrogen and oxygen atoms in total. The Kier molecular flexibility index (Phi) is 2.16. The van der Waals surface area contributed by atoms with Crippen molar-refractivity contribution in [3.63, 3.8) is 0 Å². The van der Waals surface area contributed by atoms with Crippen LogP contribution in [0.5, 0.6) is 0 Å². The summed E-state index contributed by atoms with van der Waals surface area (Å²) in [7, 11) is 0. The van der Waals surface area contributed by atoms with Crippen LogP contribution in [0.15, 0.2) is 30.1 Å². The van der Waals surface area contributed by atoms with Crippen LogP contribution in [0.2, 0.25) is 0 Å². The first kappa shape index (κ1) is 10.3. The lowest BCUT2D eigenvalue weighted by Gasteiger charge is -2.22. The number of aromatic nitrogens is 1. The van der Waals surface area contributed by atoms with E-state index in [9.17, 15) is 15.1 Å². The summed E-state index contributed by atoms with van der Waals surface area (Å²) < 4.78 is 2.21. The van der Waals surface area contributed by atoms with Gasteiger partial charge in [0.15, 0.2) is 0 Å². The number of aliphatic hydroxyl groups excluding tert-OH is 1. The maximum absolute atomic E-state index is 12.2. The predicted octanol–water partition coefficient (Wildman–Crippen LogP) is 0.726. The molecule has 0 aromatic carbocycles. The average Bonchev–Trinajstić information content (AvgIpc) is 2.72. The molecule has 1 aromatic rings. The third-order valence-electron chi connectivity index (χ3n) is 3.28. The molecule has 1 aliphatic heterocycles. The Balaban J connectivity index is 2.15. The summed E-state index contributed by atoms with van der Waals surface area (Å²) in [5.74, 6) is -0.689. The van der Waals surface area contributed by atoms with Crippen molar-refractivity contribution in [2.45, 2.75) is 18.9 Å². The monoisotopic (exact) mass is 232 g/mol. The van der Waals surface area contributed by atoms with Gasteiger partial charge < -0.3 is 10.3 Å². The molecule has 0 radical (unpaired) electrons. The standard InChI is InChI=1S/C12H12N2O3/c15-9-3-4-11-10(6-9)12(16)13-5-1-2-8(13)7-14(11)17/h1-2,4-5,7,9-10,15H,3,6H2/t9-,10+/m1/s1. The smallest absolute Gasteiger partial charge is 0.245 e. The quantitative estimate of drug-likeness (QED) is 0.529. The van der Waals surface area contributed by atoms with Gasteiger partial charge in [-0.15, -0.1) is 0 Å². The first-order valence-corrected chi connectivity index (χ1v) is 5.58. The van der Waals surface area contributed by atoms with E-state index in [1.165, 1.54) is 10.8 Å². The zero-order valence-corrected chi connectivity index (χ0v) is 9.11. The molecule has 2 atom stereocenters. The Morgan fingerprint density at radius 2 is 2.35 bits per heavy atom. The average molecular weight is 232 g/mol. The van der Waals surface area contributed by atoms with Gasteiger partial charge in [-0.25, -0.2) is 0 Å². The molecule has 5 heteroatoms. The number of aliphatic hydroxyl groups is 1. The molecule has 3 rings (SSSR count). The van der Waals surface area contributed by atoms with Crippen LogP contribution in [0, 0.1) is 11.1 Å². The third kappa shape index (κ3) is 1.51. The predicted molar refractivity (Wildman–Crippen MR) is 60.7 cm³/mol. The van der Waals surface area contributed by atoms with Gasteiger partial charge in [0.2, 0.25) is 17.8 Å². The van der Waals surface area contributed by atoms with E-state index in [0.29, 0.717) is 24.2 Å². The highest BCUT2D eigenvalue weighted by Gasteiger charge is 2.37. The molecule has 88 valence electrons. The number of hydrogen-bond donors (Lipinski definition) is 1. The third-order valence-corrected chi connectivity index (χ3v) is 3.28. The minimum absolute atomic E-state index is 0.149. The molecule has 0 saturated carbocycles. The summed E-state index contributed by atoms with van der Waals surface area (Å²) in [6, 6.07) is 3.45. The van der Waals surface area contributed by atoms with E-state index >= 15 is 0 Å². The van der Waals surface area contributed by atoms with E-state index in [4.69, 9.17) is 0 Å². The summed E-state index contributed by atoms with van der Waals surface area (Å²) in [5.41, 5.74) is 1.03. The lowest BCUT2D eigenvalue weighted by molar-refractivity contribution is -0.404. The maximum atomic E-state index is 12.2. The van der Waals surface area contributed by atoms with E-state index in [0.717, 1.165) is 4.74 Å². The van der Waals surface area contributed by atoms with Crippen LogP contribution < -0.4 is 0 Å². The van der Waals surface area contributed by atoms with E-state index in [2.05, 4.69) is 0 Å². The van der Waals surface area contributed by atoms with Gasteiger partial charge >= 0.3 is 0 Å². The minimum atomic E-state index is -0.543. The molecule has 0 spiro atoms. The Morgan fingerprint density at radius 1 is 1.53 bits per heavy atom. The molecule has 17 heavy (non-hydrogen) atoms. The van der Waals surface area contributed by atoms with Crippen molar-refractivity contribution >= 4 is 12.1 Å². The van der Waals surface area contributed by atoms with Crippen LogP contribution in [0.4, 0.5) is 0 Å². The van der Waals surface area contributed by atoms with Gasteiger partial charge in [-0.05, 0) is 31.1 Å². The molecule has 2 heterocycles. The molecule has 1 aliphatic carbocycles. The molecule has 1 N–H and O–H groups in total. The lowest BCUT2D eigenvalue weighted by atomic mass is 9.89. The first-order chi connectivity index (χ1) is 8.16. The molecule has 0 bridgehead atoms. The Hall–Kier alpha value is -1.88. The highest BCUT2D eigenvalue weighted by molar-refractivity contribution is 5.91. The fourth-order valence-electron chi connectivity index (χ4n) is 2.42. The number of carbonyl (C=O) groups is 1. The van der Waals surface area contributed by atoms with Gasteiger partial charge in [-0.1, -0.05) is 0 Å². The Labute approximate surface area is 97.9 Å². The van der Waals surface area contributed by atoms with E-state index in [-0.39, 0.29) is 5.91 Å². The number of hydroxylamine groups is 1. The van der Waals surface area contributed by atoms with Crippen LogP contribution in [-0.2, 0) is 0 Å². The second kappa shape index (κ2) is 3.56. The van der Waals surface area contributed by atoms with Crippen molar-refractivity contribution in [3.05, 3.63) is 41.0 Å². The zero-order chi connectivity index (χ0) is 12.0. The normalized spacial score (nSPS) is 27.7. The topological polar surface area (TPSA) is 68.3 Å².